The van der Waals surface area contributed by atoms with Crippen LogP contribution < -0.4 is 10.5 Å². The average Bonchev–Trinajstić information content (AvgIpc) is 2.68. The van der Waals surface area contributed by atoms with Crippen LogP contribution in [0, 0.1) is 0 Å². The standard InChI is InChI=1S/C22H18ClNO3/c1-2-26-22(25)19-18(14-7-10-15(23)11-8-14)17-12-9-13-5-3-4-6-16(13)20(17)27-21(19)24/h3-12,18H,2,24H2,1H3. The summed E-state index contributed by atoms with van der Waals surface area (Å²) in [5.41, 5.74) is 8.27. The number of carbonyl (C=O) groups excluding carboxylic acids is 1. The molecule has 0 bridgehead atoms. The van der Waals surface area contributed by atoms with Gasteiger partial charge >= 0.3 is 5.97 Å². The van der Waals surface area contributed by atoms with Crippen LogP contribution in [0.5, 0.6) is 5.75 Å². The maximum absolute atomic E-state index is 12.7. The van der Waals surface area contributed by atoms with Crippen LogP contribution in [-0.4, -0.2) is 12.6 Å². The van der Waals surface area contributed by atoms with Gasteiger partial charge in [0.1, 0.15) is 11.3 Å². The Morgan fingerprint density at radius 2 is 1.85 bits per heavy atom. The minimum atomic E-state index is -0.478. The topological polar surface area (TPSA) is 61.5 Å². The quantitative estimate of drug-likeness (QED) is 0.667. The molecule has 136 valence electrons. The van der Waals surface area contributed by atoms with Crippen molar-refractivity contribution < 1.29 is 14.3 Å². The second kappa shape index (κ2) is 6.97. The van der Waals surface area contributed by atoms with E-state index in [9.17, 15) is 4.79 Å². The molecule has 0 radical (unpaired) electrons. The molecule has 4 rings (SSSR count). The molecule has 1 unspecified atom stereocenters. The minimum Gasteiger partial charge on any atom is -0.462 e. The smallest absolute Gasteiger partial charge is 0.340 e. The van der Waals surface area contributed by atoms with Crippen LogP contribution in [0.2, 0.25) is 5.02 Å². The van der Waals surface area contributed by atoms with Gasteiger partial charge in [0.05, 0.1) is 12.5 Å². The molecular formula is C22H18ClNO3. The van der Waals surface area contributed by atoms with Gasteiger partial charge in [-0.05, 0) is 30.0 Å². The second-order valence-electron chi connectivity index (χ2n) is 6.29. The molecule has 0 fully saturated rings. The third kappa shape index (κ3) is 3.02. The molecule has 2 N–H and O–H groups in total. The normalized spacial score (nSPS) is 16.0. The molecule has 0 amide bonds. The lowest BCUT2D eigenvalue weighted by atomic mass is 9.82. The molecule has 1 aliphatic heterocycles. The fraction of sp³-hybridized carbons (Fsp3) is 0.136. The number of rotatable bonds is 3. The molecule has 5 heteroatoms. The molecule has 27 heavy (non-hydrogen) atoms. The molecule has 1 aliphatic rings. The first-order valence-corrected chi connectivity index (χ1v) is 9.09. The molecule has 0 aromatic heterocycles. The van der Waals surface area contributed by atoms with E-state index < -0.39 is 11.9 Å². The maximum Gasteiger partial charge on any atom is 0.340 e. The molecule has 0 saturated carbocycles. The Morgan fingerprint density at radius 1 is 1.11 bits per heavy atom. The first-order chi connectivity index (χ1) is 13.1. The molecule has 0 saturated heterocycles. The van der Waals surface area contributed by atoms with Gasteiger partial charge in [-0.3, -0.25) is 0 Å². The highest BCUT2D eigenvalue weighted by Gasteiger charge is 2.36. The lowest BCUT2D eigenvalue weighted by molar-refractivity contribution is -0.139. The molecule has 0 spiro atoms. The number of esters is 1. The number of hydrogen-bond acceptors (Lipinski definition) is 4. The fourth-order valence-electron chi connectivity index (χ4n) is 3.49. The van der Waals surface area contributed by atoms with E-state index >= 15 is 0 Å². The lowest BCUT2D eigenvalue weighted by Crippen LogP contribution is -2.27. The number of hydrogen-bond donors (Lipinski definition) is 1. The predicted molar refractivity (Wildman–Crippen MR) is 106 cm³/mol. The predicted octanol–water partition coefficient (Wildman–Crippen LogP) is 4.75. The van der Waals surface area contributed by atoms with Crippen LogP contribution in [0.3, 0.4) is 0 Å². The molecular weight excluding hydrogens is 362 g/mol. The Kier molecular flexibility index (Phi) is 4.50. The lowest BCUT2D eigenvalue weighted by Gasteiger charge is -2.29. The van der Waals surface area contributed by atoms with Gasteiger partial charge in [0.25, 0.3) is 0 Å². The Bertz CT molecular complexity index is 1060. The van der Waals surface area contributed by atoms with Crippen molar-refractivity contribution in [3.05, 3.63) is 88.3 Å². The van der Waals surface area contributed by atoms with E-state index in [4.69, 9.17) is 26.8 Å². The largest absolute Gasteiger partial charge is 0.462 e. The number of nitrogens with two attached hydrogens (primary N) is 1. The van der Waals surface area contributed by atoms with Gasteiger partial charge in [0, 0.05) is 16.0 Å². The SMILES string of the molecule is CCOC(=O)C1=C(N)Oc2c(ccc3ccccc23)C1c1ccc(Cl)cc1. The highest BCUT2D eigenvalue weighted by Crippen LogP contribution is 2.45. The number of ether oxygens (including phenoxy) is 2. The van der Waals surface area contributed by atoms with Gasteiger partial charge in [0.15, 0.2) is 0 Å². The van der Waals surface area contributed by atoms with Crippen LogP contribution in [-0.2, 0) is 9.53 Å². The Balaban J connectivity index is 1.96. The third-order valence-electron chi connectivity index (χ3n) is 4.69. The summed E-state index contributed by atoms with van der Waals surface area (Å²) in [4.78, 5) is 12.7. The maximum atomic E-state index is 12.7. The summed E-state index contributed by atoms with van der Waals surface area (Å²) >= 11 is 6.05. The zero-order valence-corrected chi connectivity index (χ0v) is 15.5. The van der Waals surface area contributed by atoms with Crippen LogP contribution in [0.15, 0.2) is 72.1 Å². The van der Waals surface area contributed by atoms with Crippen molar-refractivity contribution in [2.45, 2.75) is 12.8 Å². The van der Waals surface area contributed by atoms with E-state index in [1.54, 1.807) is 19.1 Å². The van der Waals surface area contributed by atoms with Gasteiger partial charge in [-0.1, -0.05) is 60.1 Å². The van der Waals surface area contributed by atoms with E-state index in [1.807, 2.05) is 48.5 Å². The van der Waals surface area contributed by atoms with Crippen molar-refractivity contribution in [1.82, 2.24) is 0 Å². The Morgan fingerprint density at radius 3 is 2.59 bits per heavy atom. The van der Waals surface area contributed by atoms with Crippen molar-refractivity contribution in [3.63, 3.8) is 0 Å². The second-order valence-corrected chi connectivity index (χ2v) is 6.73. The fourth-order valence-corrected chi connectivity index (χ4v) is 3.62. The van der Waals surface area contributed by atoms with Crippen molar-refractivity contribution in [2.24, 2.45) is 5.73 Å². The van der Waals surface area contributed by atoms with Gasteiger partial charge in [-0.25, -0.2) is 4.79 Å². The summed E-state index contributed by atoms with van der Waals surface area (Å²) in [5, 5.41) is 2.61. The van der Waals surface area contributed by atoms with Crippen molar-refractivity contribution in [3.8, 4) is 5.75 Å². The molecule has 3 aromatic carbocycles. The van der Waals surface area contributed by atoms with Crippen molar-refractivity contribution in [1.29, 1.82) is 0 Å². The summed E-state index contributed by atoms with van der Waals surface area (Å²) in [6.07, 6.45) is 0. The summed E-state index contributed by atoms with van der Waals surface area (Å²) in [7, 11) is 0. The zero-order chi connectivity index (χ0) is 19.0. The van der Waals surface area contributed by atoms with Crippen LogP contribution in [0.25, 0.3) is 10.8 Å². The summed E-state index contributed by atoms with van der Waals surface area (Å²) in [6, 6.07) is 19.3. The zero-order valence-electron chi connectivity index (χ0n) is 14.7. The average molecular weight is 380 g/mol. The van der Waals surface area contributed by atoms with E-state index in [2.05, 4.69) is 0 Å². The highest BCUT2D eigenvalue weighted by atomic mass is 35.5. The third-order valence-corrected chi connectivity index (χ3v) is 4.94. The summed E-state index contributed by atoms with van der Waals surface area (Å²) in [5.74, 6) is -0.140. The van der Waals surface area contributed by atoms with E-state index in [-0.39, 0.29) is 12.5 Å². The van der Waals surface area contributed by atoms with Crippen LogP contribution in [0.4, 0.5) is 0 Å². The molecule has 4 nitrogen and oxygen atoms in total. The molecule has 3 aromatic rings. The summed E-state index contributed by atoms with van der Waals surface area (Å²) < 4.78 is 11.2. The van der Waals surface area contributed by atoms with E-state index in [1.165, 1.54) is 0 Å². The first kappa shape index (κ1) is 17.4. The number of halogens is 1. The van der Waals surface area contributed by atoms with Gasteiger partial charge < -0.3 is 15.2 Å². The van der Waals surface area contributed by atoms with Gasteiger partial charge in [-0.15, -0.1) is 0 Å². The number of carbonyl (C=O) groups is 1. The molecule has 1 atom stereocenters. The van der Waals surface area contributed by atoms with Crippen molar-refractivity contribution >= 4 is 28.3 Å². The summed E-state index contributed by atoms with van der Waals surface area (Å²) in [6.45, 7) is 2.02. The Hall–Kier alpha value is -2.98. The van der Waals surface area contributed by atoms with E-state index in [0.29, 0.717) is 16.3 Å². The Labute approximate surface area is 162 Å². The first-order valence-electron chi connectivity index (χ1n) is 8.72. The minimum absolute atomic E-state index is 0.0669. The molecule has 1 heterocycles. The highest BCUT2D eigenvalue weighted by molar-refractivity contribution is 6.30. The number of fused-ring (bicyclic) bond motifs is 3. The number of benzene rings is 3. The van der Waals surface area contributed by atoms with Crippen LogP contribution >= 0.6 is 11.6 Å². The van der Waals surface area contributed by atoms with Gasteiger partial charge in [-0.2, -0.15) is 0 Å². The van der Waals surface area contributed by atoms with Crippen molar-refractivity contribution in [2.75, 3.05) is 6.61 Å². The van der Waals surface area contributed by atoms with E-state index in [0.717, 1.165) is 21.9 Å². The van der Waals surface area contributed by atoms with Gasteiger partial charge in [0.2, 0.25) is 5.88 Å². The van der Waals surface area contributed by atoms with Crippen LogP contribution in [0.1, 0.15) is 24.0 Å². The molecule has 0 aliphatic carbocycles. The monoisotopic (exact) mass is 379 g/mol.